The van der Waals surface area contributed by atoms with Crippen LogP contribution in [0.25, 0.3) is 33.5 Å². The monoisotopic (exact) mass is 493 g/mol. The number of rotatable bonds is 5. The number of nitrogens with zero attached hydrogens (tertiary/aromatic N) is 3. The van der Waals surface area contributed by atoms with Crippen LogP contribution in [0.15, 0.2) is 65.8 Å². The van der Waals surface area contributed by atoms with E-state index < -0.39 is 44.2 Å². The summed E-state index contributed by atoms with van der Waals surface area (Å²) < 4.78 is 71.3. The van der Waals surface area contributed by atoms with E-state index in [9.17, 15) is 12.8 Å². The Balaban J connectivity index is 1.59. The quantitative estimate of drug-likeness (QED) is 0.362. The highest BCUT2D eigenvalue weighted by molar-refractivity contribution is 7.90. The molecule has 0 bridgehead atoms. The van der Waals surface area contributed by atoms with Gasteiger partial charge in [0.25, 0.3) is 0 Å². The van der Waals surface area contributed by atoms with Crippen molar-refractivity contribution in [2.75, 3.05) is 0 Å². The van der Waals surface area contributed by atoms with Crippen LogP contribution in [0.2, 0.25) is 0 Å². The molecule has 174 valence electrons. The van der Waals surface area contributed by atoms with Crippen molar-refractivity contribution in [3.05, 3.63) is 89.5 Å². The minimum absolute atomic E-state index is 0.120. The van der Waals surface area contributed by atoms with E-state index >= 15 is 8.78 Å². The van der Waals surface area contributed by atoms with Gasteiger partial charge in [-0.05, 0) is 30.3 Å². The van der Waals surface area contributed by atoms with Gasteiger partial charge in [0.15, 0.2) is 21.5 Å². The second kappa shape index (κ2) is 8.41. The molecule has 2 aromatic heterocycles. The third-order valence-electron chi connectivity index (χ3n) is 5.51. The molecule has 0 aliphatic heterocycles. The maximum absolute atomic E-state index is 15.5. The Bertz CT molecular complexity index is 1740. The third-order valence-corrected chi connectivity index (χ3v) is 7.17. The van der Waals surface area contributed by atoms with Gasteiger partial charge in [0.1, 0.15) is 22.8 Å². The summed E-state index contributed by atoms with van der Waals surface area (Å²) in [6.07, 6.45) is 3.08. The van der Waals surface area contributed by atoms with Gasteiger partial charge in [0.2, 0.25) is 0 Å². The number of H-pyrrole nitrogens is 2. The van der Waals surface area contributed by atoms with Crippen LogP contribution in [0, 0.1) is 28.8 Å². The molecule has 0 aliphatic carbocycles. The largest absolute Gasteiger partial charge is 0.343 e. The zero-order valence-corrected chi connectivity index (χ0v) is 18.5. The minimum atomic E-state index is -4.08. The Morgan fingerprint density at radius 2 is 1.86 bits per heavy atom. The Hall–Kier alpha value is -4.43. The van der Waals surface area contributed by atoms with Crippen LogP contribution in [0.5, 0.6) is 0 Å². The first-order valence-corrected chi connectivity index (χ1v) is 11.8. The number of aromatic amines is 2. The van der Waals surface area contributed by atoms with Gasteiger partial charge in [0, 0.05) is 28.9 Å². The number of nitriles is 1. The number of aromatic nitrogens is 4. The SMILES string of the molecule is N#Cc1cccc(S(=O)(=O)Cc2ccc(F)c(-c3ccc4c(-c5ncc[nH]5)[nH]nc4c3F)c2F)c1. The Labute approximate surface area is 196 Å². The predicted octanol–water partition coefficient (Wildman–Crippen LogP) is 4.88. The molecule has 0 fully saturated rings. The van der Waals surface area contributed by atoms with Crippen LogP contribution >= 0.6 is 0 Å². The Morgan fingerprint density at radius 1 is 1.03 bits per heavy atom. The van der Waals surface area contributed by atoms with Crippen LogP contribution in [-0.2, 0) is 15.6 Å². The molecule has 0 aliphatic rings. The van der Waals surface area contributed by atoms with Crippen LogP contribution in [0.1, 0.15) is 11.1 Å². The number of nitrogens with one attached hydrogen (secondary N) is 2. The van der Waals surface area contributed by atoms with E-state index in [4.69, 9.17) is 5.26 Å². The van der Waals surface area contributed by atoms with Crippen LogP contribution < -0.4 is 0 Å². The highest BCUT2D eigenvalue weighted by Gasteiger charge is 2.25. The van der Waals surface area contributed by atoms with E-state index in [2.05, 4.69) is 20.2 Å². The van der Waals surface area contributed by atoms with Crippen molar-refractivity contribution in [1.29, 1.82) is 5.26 Å². The second-order valence-corrected chi connectivity index (χ2v) is 9.64. The van der Waals surface area contributed by atoms with Gasteiger partial charge in [-0.25, -0.2) is 26.6 Å². The summed E-state index contributed by atoms with van der Waals surface area (Å²) in [6.45, 7) is 0. The predicted molar refractivity (Wildman–Crippen MR) is 121 cm³/mol. The van der Waals surface area contributed by atoms with E-state index in [1.165, 1.54) is 42.6 Å². The number of benzene rings is 3. The lowest BCUT2D eigenvalue weighted by atomic mass is 9.99. The summed E-state index contributed by atoms with van der Waals surface area (Å²) in [5.74, 6) is -3.64. The van der Waals surface area contributed by atoms with E-state index in [1.54, 1.807) is 6.20 Å². The van der Waals surface area contributed by atoms with Crippen molar-refractivity contribution < 1.29 is 21.6 Å². The fourth-order valence-electron chi connectivity index (χ4n) is 3.82. The van der Waals surface area contributed by atoms with Crippen molar-refractivity contribution >= 4 is 20.7 Å². The van der Waals surface area contributed by atoms with Crippen LogP contribution in [0.3, 0.4) is 0 Å². The molecule has 2 N–H and O–H groups in total. The molecule has 0 spiro atoms. The molecule has 0 radical (unpaired) electrons. The maximum Gasteiger partial charge on any atom is 0.182 e. The zero-order chi connectivity index (χ0) is 24.7. The first-order valence-electron chi connectivity index (χ1n) is 10.2. The molecule has 3 aromatic carbocycles. The lowest BCUT2D eigenvalue weighted by Crippen LogP contribution is -2.08. The lowest BCUT2D eigenvalue weighted by Gasteiger charge is -2.12. The summed E-state index contributed by atoms with van der Waals surface area (Å²) in [5.41, 5.74) is -1.09. The van der Waals surface area contributed by atoms with Crippen molar-refractivity contribution in [2.45, 2.75) is 10.6 Å². The first-order chi connectivity index (χ1) is 16.8. The van der Waals surface area contributed by atoms with Gasteiger partial charge in [-0.15, -0.1) is 0 Å². The number of sulfone groups is 1. The molecular weight excluding hydrogens is 479 g/mol. The third kappa shape index (κ3) is 3.83. The van der Waals surface area contributed by atoms with Crippen molar-refractivity contribution in [2.24, 2.45) is 0 Å². The molecule has 2 heterocycles. The van der Waals surface area contributed by atoms with Gasteiger partial charge >= 0.3 is 0 Å². The number of hydrogen-bond donors (Lipinski definition) is 2. The Kier molecular flexibility index (Phi) is 5.37. The van der Waals surface area contributed by atoms with Crippen LogP contribution in [0.4, 0.5) is 13.2 Å². The topological polar surface area (TPSA) is 115 Å². The average molecular weight is 493 g/mol. The maximum atomic E-state index is 15.5. The molecule has 5 rings (SSSR count). The van der Waals surface area contributed by atoms with Gasteiger partial charge in [-0.1, -0.05) is 18.2 Å². The molecule has 0 amide bonds. The normalized spacial score (nSPS) is 11.6. The summed E-state index contributed by atoms with van der Waals surface area (Å²) in [5, 5.41) is 16.0. The fraction of sp³-hybridized carbons (Fsp3) is 0.0417. The number of halogens is 3. The second-order valence-electron chi connectivity index (χ2n) is 7.65. The van der Waals surface area contributed by atoms with Crippen molar-refractivity contribution in [1.82, 2.24) is 20.2 Å². The molecule has 0 atom stereocenters. The number of fused-ring (bicyclic) bond motifs is 1. The molecule has 5 aromatic rings. The van der Waals surface area contributed by atoms with E-state index in [0.29, 0.717) is 16.9 Å². The van der Waals surface area contributed by atoms with Gasteiger partial charge in [-0.2, -0.15) is 10.4 Å². The minimum Gasteiger partial charge on any atom is -0.343 e. The summed E-state index contributed by atoms with van der Waals surface area (Å²) in [4.78, 5) is 6.77. The molecular formula is C24H14F3N5O2S. The first kappa shape index (κ1) is 22.4. The molecule has 11 heteroatoms. The highest BCUT2D eigenvalue weighted by Crippen LogP contribution is 2.36. The van der Waals surface area contributed by atoms with E-state index in [-0.39, 0.29) is 21.5 Å². The van der Waals surface area contributed by atoms with E-state index in [0.717, 1.165) is 12.1 Å². The van der Waals surface area contributed by atoms with E-state index in [1.807, 2.05) is 6.07 Å². The smallest absolute Gasteiger partial charge is 0.182 e. The highest BCUT2D eigenvalue weighted by atomic mass is 32.2. The summed E-state index contributed by atoms with van der Waals surface area (Å²) >= 11 is 0. The van der Waals surface area contributed by atoms with Crippen molar-refractivity contribution in [3.63, 3.8) is 0 Å². The standard InChI is InChI=1S/C24H14F3N5O2S/c25-18-7-4-14(12-35(33,34)15-3-1-2-13(10-15)11-28)20(26)19(18)16-5-6-17-22(21(16)27)31-32-23(17)24-29-8-9-30-24/h1-10H,12H2,(H,29,30)(H,31,32). The van der Waals surface area contributed by atoms with Gasteiger partial charge in [0.05, 0.1) is 27.8 Å². The van der Waals surface area contributed by atoms with Crippen LogP contribution in [-0.4, -0.2) is 28.6 Å². The lowest BCUT2D eigenvalue weighted by molar-refractivity contribution is 0.570. The van der Waals surface area contributed by atoms with Gasteiger partial charge in [-0.3, -0.25) is 5.10 Å². The Morgan fingerprint density at radius 3 is 2.60 bits per heavy atom. The van der Waals surface area contributed by atoms with Crippen molar-refractivity contribution in [3.8, 4) is 28.7 Å². The number of hydrogen-bond acceptors (Lipinski definition) is 5. The van der Waals surface area contributed by atoms with Gasteiger partial charge < -0.3 is 4.98 Å². The molecule has 0 saturated carbocycles. The average Bonchev–Trinajstić information content (AvgIpc) is 3.52. The summed E-state index contributed by atoms with van der Waals surface area (Å²) in [7, 11) is -4.08. The fourth-order valence-corrected chi connectivity index (χ4v) is 5.22. The molecule has 7 nitrogen and oxygen atoms in total. The molecule has 0 unspecified atom stereocenters. The zero-order valence-electron chi connectivity index (χ0n) is 17.7. The summed E-state index contributed by atoms with van der Waals surface area (Å²) in [6, 6.07) is 11.6. The number of imidazole rings is 1. The molecule has 0 saturated heterocycles. The molecule has 35 heavy (non-hydrogen) atoms.